The lowest BCUT2D eigenvalue weighted by molar-refractivity contribution is 0.0296. The van der Waals surface area contributed by atoms with E-state index in [2.05, 4.69) is 19.2 Å². The molecule has 1 amide bonds. The van der Waals surface area contributed by atoms with E-state index < -0.39 is 5.60 Å². The molecule has 1 fully saturated rings. The van der Waals surface area contributed by atoms with Crippen molar-refractivity contribution in [1.29, 1.82) is 0 Å². The molecule has 124 valence electrons. The Labute approximate surface area is 130 Å². The van der Waals surface area contributed by atoms with Gasteiger partial charge in [-0.2, -0.15) is 0 Å². The van der Waals surface area contributed by atoms with Crippen molar-refractivity contribution in [1.82, 2.24) is 10.2 Å². The Morgan fingerprint density at radius 1 is 1.29 bits per heavy atom. The van der Waals surface area contributed by atoms with Gasteiger partial charge in [0.05, 0.1) is 0 Å². The van der Waals surface area contributed by atoms with Gasteiger partial charge in [-0.15, -0.1) is 0 Å². The van der Waals surface area contributed by atoms with E-state index in [1.165, 1.54) is 25.7 Å². The second-order valence-electron chi connectivity index (χ2n) is 8.15. The molecule has 1 aliphatic carbocycles. The van der Waals surface area contributed by atoms with E-state index in [1.54, 1.807) is 11.9 Å². The average molecular weight is 298 g/mol. The van der Waals surface area contributed by atoms with Gasteiger partial charge in [-0.1, -0.05) is 13.8 Å². The summed E-state index contributed by atoms with van der Waals surface area (Å²) in [6, 6.07) is 0.657. The summed E-state index contributed by atoms with van der Waals surface area (Å²) in [7, 11) is 1.80. The number of nitrogens with one attached hydrogen (secondary N) is 1. The molecular formula is C17H34N2O2. The second kappa shape index (κ2) is 7.48. The first-order valence-corrected chi connectivity index (χ1v) is 8.27. The molecule has 0 radical (unpaired) electrons. The fourth-order valence-electron chi connectivity index (χ4n) is 2.66. The predicted octanol–water partition coefficient (Wildman–Crippen LogP) is 3.80. The number of rotatable bonds is 5. The molecule has 21 heavy (non-hydrogen) atoms. The van der Waals surface area contributed by atoms with Crippen molar-refractivity contribution >= 4 is 6.09 Å². The molecule has 4 heteroatoms. The summed E-state index contributed by atoms with van der Waals surface area (Å²) in [4.78, 5) is 13.5. The Balaban J connectivity index is 2.13. The fraction of sp³-hybridized carbons (Fsp3) is 0.941. The number of carbonyl (C=O) groups excluding carboxylic acids is 1. The minimum Gasteiger partial charge on any atom is -0.444 e. The normalized spacial score (nSPS) is 19.3. The highest BCUT2D eigenvalue weighted by molar-refractivity contribution is 5.67. The van der Waals surface area contributed by atoms with Crippen molar-refractivity contribution in [3.05, 3.63) is 0 Å². The zero-order chi connectivity index (χ0) is 16.1. The average Bonchev–Trinajstić information content (AvgIpc) is 2.34. The van der Waals surface area contributed by atoms with E-state index in [9.17, 15) is 4.79 Å². The maximum Gasteiger partial charge on any atom is 0.410 e. The SMILES string of the molecule is CN(CCCNC1CCC(C)(C)CC1)C(=O)OC(C)(C)C. The third-order valence-electron chi connectivity index (χ3n) is 4.15. The number of hydrogen-bond acceptors (Lipinski definition) is 3. The van der Waals surface area contributed by atoms with Gasteiger partial charge in [0.1, 0.15) is 5.60 Å². The van der Waals surface area contributed by atoms with Crippen LogP contribution in [0.4, 0.5) is 4.79 Å². The van der Waals surface area contributed by atoms with Crippen LogP contribution in [-0.4, -0.2) is 42.8 Å². The lowest BCUT2D eigenvalue weighted by atomic mass is 9.75. The van der Waals surface area contributed by atoms with Crippen molar-refractivity contribution < 1.29 is 9.53 Å². The van der Waals surface area contributed by atoms with Gasteiger partial charge in [0, 0.05) is 19.6 Å². The van der Waals surface area contributed by atoms with Crippen LogP contribution < -0.4 is 5.32 Å². The molecule has 0 unspecified atom stereocenters. The summed E-state index contributed by atoms with van der Waals surface area (Å²) in [6.07, 6.45) is 5.90. The highest BCUT2D eigenvalue weighted by Crippen LogP contribution is 2.34. The van der Waals surface area contributed by atoms with Crippen LogP contribution >= 0.6 is 0 Å². The van der Waals surface area contributed by atoms with Gasteiger partial charge in [0.15, 0.2) is 0 Å². The Morgan fingerprint density at radius 3 is 2.38 bits per heavy atom. The van der Waals surface area contributed by atoms with Crippen LogP contribution in [0.1, 0.15) is 66.7 Å². The maximum absolute atomic E-state index is 11.8. The molecule has 0 heterocycles. The first-order chi connectivity index (χ1) is 9.59. The molecule has 4 nitrogen and oxygen atoms in total. The summed E-state index contributed by atoms with van der Waals surface area (Å²) in [6.45, 7) is 12.1. The van der Waals surface area contributed by atoms with Gasteiger partial charge >= 0.3 is 6.09 Å². The van der Waals surface area contributed by atoms with Crippen LogP contribution in [0, 0.1) is 5.41 Å². The van der Waals surface area contributed by atoms with Crippen LogP contribution in [0.3, 0.4) is 0 Å². The van der Waals surface area contributed by atoms with Gasteiger partial charge in [-0.05, 0) is 64.8 Å². The van der Waals surface area contributed by atoms with Gasteiger partial charge < -0.3 is 15.0 Å². The molecule has 0 aromatic carbocycles. The molecule has 0 aromatic heterocycles. The zero-order valence-electron chi connectivity index (χ0n) is 14.8. The van der Waals surface area contributed by atoms with Crippen LogP contribution in [0.2, 0.25) is 0 Å². The molecule has 1 saturated carbocycles. The van der Waals surface area contributed by atoms with Crippen LogP contribution in [0.25, 0.3) is 0 Å². The number of nitrogens with zero attached hydrogens (tertiary/aromatic N) is 1. The van der Waals surface area contributed by atoms with E-state index in [-0.39, 0.29) is 6.09 Å². The minimum absolute atomic E-state index is 0.234. The molecule has 0 atom stereocenters. The summed E-state index contributed by atoms with van der Waals surface area (Å²) in [5, 5.41) is 3.62. The number of ether oxygens (including phenoxy) is 1. The predicted molar refractivity (Wildman–Crippen MR) is 87.5 cm³/mol. The fourth-order valence-corrected chi connectivity index (χ4v) is 2.66. The first kappa shape index (κ1) is 18.3. The molecule has 0 spiro atoms. The van der Waals surface area contributed by atoms with Crippen molar-refractivity contribution in [3.8, 4) is 0 Å². The van der Waals surface area contributed by atoms with Crippen LogP contribution in [0.5, 0.6) is 0 Å². The van der Waals surface area contributed by atoms with E-state index in [4.69, 9.17) is 4.74 Å². The molecule has 0 saturated heterocycles. The Hall–Kier alpha value is -0.770. The number of amides is 1. The molecule has 1 rings (SSSR count). The highest BCUT2D eigenvalue weighted by Gasteiger charge is 2.26. The van der Waals surface area contributed by atoms with Crippen LogP contribution in [0.15, 0.2) is 0 Å². The Bertz CT molecular complexity index is 324. The minimum atomic E-state index is -0.418. The standard InChI is InChI=1S/C17H34N2O2/c1-16(2,3)21-15(20)19(6)13-7-12-18-14-8-10-17(4,5)11-9-14/h14,18H,7-13H2,1-6H3. The highest BCUT2D eigenvalue weighted by atomic mass is 16.6. The first-order valence-electron chi connectivity index (χ1n) is 8.27. The second-order valence-corrected chi connectivity index (χ2v) is 8.15. The topological polar surface area (TPSA) is 41.6 Å². The third kappa shape index (κ3) is 7.70. The van der Waals surface area contributed by atoms with Gasteiger partial charge in [-0.3, -0.25) is 0 Å². The monoisotopic (exact) mass is 298 g/mol. The summed E-state index contributed by atoms with van der Waals surface area (Å²) >= 11 is 0. The molecule has 0 aliphatic heterocycles. The van der Waals surface area contributed by atoms with Crippen molar-refractivity contribution in [3.63, 3.8) is 0 Å². The summed E-state index contributed by atoms with van der Waals surface area (Å²) in [5.74, 6) is 0. The molecule has 0 bridgehead atoms. The maximum atomic E-state index is 11.8. The molecule has 0 aromatic rings. The third-order valence-corrected chi connectivity index (χ3v) is 4.15. The number of carbonyl (C=O) groups is 1. The van der Waals surface area contributed by atoms with E-state index in [0.29, 0.717) is 11.5 Å². The smallest absolute Gasteiger partial charge is 0.410 e. The van der Waals surface area contributed by atoms with E-state index >= 15 is 0 Å². The van der Waals surface area contributed by atoms with Crippen molar-refractivity contribution in [2.75, 3.05) is 20.1 Å². The van der Waals surface area contributed by atoms with Crippen molar-refractivity contribution in [2.45, 2.75) is 78.4 Å². The van der Waals surface area contributed by atoms with Gasteiger partial charge in [0.25, 0.3) is 0 Å². The quantitative estimate of drug-likeness (QED) is 0.785. The lowest BCUT2D eigenvalue weighted by Crippen LogP contribution is -2.38. The van der Waals surface area contributed by atoms with Crippen molar-refractivity contribution in [2.24, 2.45) is 5.41 Å². The number of hydrogen-bond donors (Lipinski definition) is 1. The summed E-state index contributed by atoms with van der Waals surface area (Å²) in [5.41, 5.74) is 0.105. The molecular weight excluding hydrogens is 264 g/mol. The van der Waals surface area contributed by atoms with Gasteiger partial charge in [-0.25, -0.2) is 4.79 Å². The van der Waals surface area contributed by atoms with E-state index in [1.807, 2.05) is 20.8 Å². The molecule has 1 N–H and O–H groups in total. The largest absolute Gasteiger partial charge is 0.444 e. The zero-order valence-corrected chi connectivity index (χ0v) is 14.8. The lowest BCUT2D eigenvalue weighted by Gasteiger charge is -2.34. The van der Waals surface area contributed by atoms with Gasteiger partial charge in [0.2, 0.25) is 0 Å². The Morgan fingerprint density at radius 2 is 1.86 bits per heavy atom. The van der Waals surface area contributed by atoms with Crippen LogP contribution in [-0.2, 0) is 4.74 Å². The summed E-state index contributed by atoms with van der Waals surface area (Å²) < 4.78 is 5.34. The van der Waals surface area contributed by atoms with E-state index in [0.717, 1.165) is 19.5 Å². The molecule has 1 aliphatic rings. The Kier molecular flexibility index (Phi) is 6.51.